The van der Waals surface area contributed by atoms with Gasteiger partial charge in [0.2, 0.25) is 17.6 Å². The minimum atomic E-state index is -0.588. The van der Waals surface area contributed by atoms with Gasteiger partial charge in [0, 0.05) is 18.1 Å². The van der Waals surface area contributed by atoms with Crippen molar-refractivity contribution in [2.75, 3.05) is 12.4 Å². The van der Waals surface area contributed by atoms with Crippen molar-refractivity contribution in [3.05, 3.63) is 22.2 Å². The maximum Gasteiger partial charge on any atom is 0.312 e. The van der Waals surface area contributed by atoms with Gasteiger partial charge in [-0.25, -0.2) is 0 Å². The molecule has 1 heterocycles. The molecule has 0 spiro atoms. The lowest BCUT2D eigenvalue weighted by Crippen LogP contribution is -2.15. The zero-order chi connectivity index (χ0) is 12.4. The predicted molar refractivity (Wildman–Crippen MR) is 58.8 cm³/mol. The molecule has 0 aliphatic heterocycles. The van der Waals surface area contributed by atoms with Gasteiger partial charge in [-0.3, -0.25) is 14.9 Å². The molecule has 0 radical (unpaired) electrons. The first-order valence-electron chi connectivity index (χ1n) is 5.12. The van der Waals surface area contributed by atoms with Crippen LogP contribution in [0, 0.1) is 16.0 Å². The number of hydrogen-bond donors (Lipinski definition) is 1. The van der Waals surface area contributed by atoms with Crippen LogP contribution >= 0.6 is 0 Å². The van der Waals surface area contributed by atoms with E-state index in [0.717, 1.165) is 12.8 Å². The van der Waals surface area contributed by atoms with Crippen molar-refractivity contribution in [1.29, 1.82) is 0 Å². The Kier molecular flexibility index (Phi) is 2.90. The van der Waals surface area contributed by atoms with Gasteiger partial charge in [-0.15, -0.1) is 0 Å². The molecule has 2 rings (SSSR count). The third-order valence-corrected chi connectivity index (χ3v) is 2.44. The highest BCUT2D eigenvalue weighted by Gasteiger charge is 2.31. The summed E-state index contributed by atoms with van der Waals surface area (Å²) in [5, 5.41) is 13.2. The van der Waals surface area contributed by atoms with Gasteiger partial charge in [0.25, 0.3) is 0 Å². The minimum absolute atomic E-state index is 0.0393. The first-order chi connectivity index (χ1) is 8.11. The second kappa shape index (κ2) is 4.36. The number of carbonyl (C=O) groups excluding carboxylic acids is 1. The lowest BCUT2D eigenvalue weighted by Gasteiger charge is -2.05. The summed E-state index contributed by atoms with van der Waals surface area (Å²) in [7, 11) is 1.40. The molecule has 90 valence electrons. The molecule has 0 unspecified atom stereocenters. The van der Waals surface area contributed by atoms with Crippen LogP contribution in [0.3, 0.4) is 0 Å². The average molecular weight is 237 g/mol. The summed E-state index contributed by atoms with van der Waals surface area (Å²) >= 11 is 0. The Balaban J connectivity index is 2.27. The summed E-state index contributed by atoms with van der Waals surface area (Å²) in [6.45, 7) is 0. The van der Waals surface area contributed by atoms with Gasteiger partial charge >= 0.3 is 5.69 Å². The van der Waals surface area contributed by atoms with E-state index in [9.17, 15) is 14.9 Å². The van der Waals surface area contributed by atoms with Crippen LogP contribution in [0.25, 0.3) is 0 Å². The quantitative estimate of drug-likeness (QED) is 0.630. The zero-order valence-corrected chi connectivity index (χ0v) is 9.17. The SMILES string of the molecule is COc1ccc([N+](=O)[O-])c(NC(=O)C2CC2)n1. The third kappa shape index (κ3) is 2.49. The summed E-state index contributed by atoms with van der Waals surface area (Å²) in [6.07, 6.45) is 1.65. The molecule has 1 aromatic heterocycles. The van der Waals surface area contributed by atoms with Gasteiger partial charge in [0.15, 0.2) is 0 Å². The van der Waals surface area contributed by atoms with E-state index in [1.165, 1.54) is 19.2 Å². The molecule has 7 heteroatoms. The molecule has 17 heavy (non-hydrogen) atoms. The standard InChI is InChI=1S/C10H11N3O4/c1-17-8-5-4-7(13(15)16)9(11-8)12-10(14)6-2-3-6/h4-6H,2-3H2,1H3,(H,11,12,14). The number of amides is 1. The lowest BCUT2D eigenvalue weighted by atomic mass is 10.3. The van der Waals surface area contributed by atoms with E-state index in [2.05, 4.69) is 10.3 Å². The molecule has 0 saturated heterocycles. The topological polar surface area (TPSA) is 94.4 Å². The third-order valence-electron chi connectivity index (χ3n) is 2.44. The molecule has 1 aromatic rings. The highest BCUT2D eigenvalue weighted by atomic mass is 16.6. The molecule has 1 N–H and O–H groups in total. The average Bonchev–Trinajstić information content (AvgIpc) is 3.12. The van der Waals surface area contributed by atoms with E-state index in [-0.39, 0.29) is 29.2 Å². The van der Waals surface area contributed by atoms with Crippen molar-refractivity contribution >= 4 is 17.4 Å². The van der Waals surface area contributed by atoms with E-state index in [0.29, 0.717) is 0 Å². The Morgan fingerprint density at radius 2 is 2.29 bits per heavy atom. The van der Waals surface area contributed by atoms with E-state index in [1.54, 1.807) is 0 Å². The van der Waals surface area contributed by atoms with Crippen molar-refractivity contribution in [2.45, 2.75) is 12.8 Å². The van der Waals surface area contributed by atoms with Crippen LogP contribution in [0.4, 0.5) is 11.5 Å². The molecule has 1 aliphatic carbocycles. The molecule has 1 fully saturated rings. The van der Waals surface area contributed by atoms with Gasteiger partial charge in [-0.1, -0.05) is 0 Å². The fourth-order valence-corrected chi connectivity index (χ4v) is 1.35. The molecule has 0 bridgehead atoms. The van der Waals surface area contributed by atoms with Crippen molar-refractivity contribution in [3.63, 3.8) is 0 Å². The highest BCUT2D eigenvalue weighted by Crippen LogP contribution is 2.32. The first-order valence-corrected chi connectivity index (χ1v) is 5.12. The smallest absolute Gasteiger partial charge is 0.312 e. The van der Waals surface area contributed by atoms with Crippen LogP contribution in [-0.2, 0) is 4.79 Å². The first kappa shape index (κ1) is 11.3. The van der Waals surface area contributed by atoms with Crippen molar-refractivity contribution < 1.29 is 14.5 Å². The van der Waals surface area contributed by atoms with Crippen LogP contribution in [0.2, 0.25) is 0 Å². The van der Waals surface area contributed by atoms with Gasteiger partial charge in [0.05, 0.1) is 12.0 Å². The minimum Gasteiger partial charge on any atom is -0.481 e. The Morgan fingerprint density at radius 1 is 1.59 bits per heavy atom. The van der Waals surface area contributed by atoms with E-state index in [1.807, 2.05) is 0 Å². The van der Waals surface area contributed by atoms with E-state index < -0.39 is 4.92 Å². The molecular formula is C10H11N3O4. The van der Waals surface area contributed by atoms with E-state index >= 15 is 0 Å². The van der Waals surface area contributed by atoms with Gasteiger partial charge < -0.3 is 10.1 Å². The maximum atomic E-state index is 11.5. The maximum absolute atomic E-state index is 11.5. The largest absolute Gasteiger partial charge is 0.481 e. The summed E-state index contributed by atoms with van der Waals surface area (Å²) in [6, 6.07) is 2.64. The fourth-order valence-electron chi connectivity index (χ4n) is 1.35. The second-order valence-electron chi connectivity index (χ2n) is 3.74. The van der Waals surface area contributed by atoms with Crippen LogP contribution < -0.4 is 10.1 Å². The molecule has 1 amide bonds. The predicted octanol–water partition coefficient (Wildman–Crippen LogP) is 1.35. The fraction of sp³-hybridized carbons (Fsp3) is 0.400. The highest BCUT2D eigenvalue weighted by molar-refractivity contribution is 5.94. The number of carbonyl (C=O) groups is 1. The van der Waals surface area contributed by atoms with E-state index in [4.69, 9.17) is 4.74 Å². The van der Waals surface area contributed by atoms with Gasteiger partial charge in [-0.2, -0.15) is 4.98 Å². The molecule has 0 atom stereocenters. The number of nitro groups is 1. The molecule has 1 saturated carbocycles. The summed E-state index contributed by atoms with van der Waals surface area (Å²) in [5.74, 6) is -0.107. The number of nitrogens with zero attached hydrogens (tertiary/aromatic N) is 2. The van der Waals surface area contributed by atoms with Crippen molar-refractivity contribution in [2.24, 2.45) is 5.92 Å². The number of methoxy groups -OCH3 is 1. The monoisotopic (exact) mass is 237 g/mol. The zero-order valence-electron chi connectivity index (χ0n) is 9.17. The van der Waals surface area contributed by atoms with Crippen LogP contribution in [-0.4, -0.2) is 22.9 Å². The summed E-state index contributed by atoms with van der Waals surface area (Å²) in [5.41, 5.74) is -0.236. The van der Waals surface area contributed by atoms with Crippen LogP contribution in [0.15, 0.2) is 12.1 Å². The van der Waals surface area contributed by atoms with Gasteiger partial charge in [-0.05, 0) is 12.8 Å². The van der Waals surface area contributed by atoms with Crippen LogP contribution in [0.5, 0.6) is 5.88 Å². The molecule has 7 nitrogen and oxygen atoms in total. The molecule has 0 aromatic carbocycles. The summed E-state index contributed by atoms with van der Waals surface area (Å²) in [4.78, 5) is 25.6. The van der Waals surface area contributed by atoms with Crippen molar-refractivity contribution in [1.82, 2.24) is 4.98 Å². The Bertz CT molecular complexity index is 471. The Labute approximate surface area is 96.9 Å². The van der Waals surface area contributed by atoms with Crippen LogP contribution in [0.1, 0.15) is 12.8 Å². The number of hydrogen-bond acceptors (Lipinski definition) is 5. The number of rotatable bonds is 4. The number of aromatic nitrogens is 1. The number of nitrogens with one attached hydrogen (secondary N) is 1. The number of ether oxygens (including phenoxy) is 1. The molecular weight excluding hydrogens is 226 g/mol. The van der Waals surface area contributed by atoms with Gasteiger partial charge in [0.1, 0.15) is 0 Å². The number of pyridine rings is 1. The molecule has 1 aliphatic rings. The lowest BCUT2D eigenvalue weighted by molar-refractivity contribution is -0.384. The second-order valence-corrected chi connectivity index (χ2v) is 3.74. The summed E-state index contributed by atoms with van der Waals surface area (Å²) < 4.78 is 4.86. The Morgan fingerprint density at radius 3 is 2.82 bits per heavy atom. The Hall–Kier alpha value is -2.18. The number of anilines is 1. The van der Waals surface area contributed by atoms with Crippen molar-refractivity contribution in [3.8, 4) is 5.88 Å². The normalized spacial score (nSPS) is 14.2.